The van der Waals surface area contributed by atoms with Gasteiger partial charge in [0.1, 0.15) is 12.4 Å². The molecule has 134 valence electrons. The van der Waals surface area contributed by atoms with Crippen LogP contribution in [0.1, 0.15) is 27.2 Å². The number of carbonyl (C=O) groups is 1. The average Bonchev–Trinajstić information content (AvgIpc) is 3.08. The Morgan fingerprint density at radius 2 is 1.74 bits per heavy atom. The molecule has 0 radical (unpaired) electrons. The lowest BCUT2D eigenvalue weighted by Gasteiger charge is -2.11. The molecule has 0 saturated heterocycles. The highest BCUT2D eigenvalue weighted by Gasteiger charge is 2.13. The van der Waals surface area contributed by atoms with Gasteiger partial charge < -0.3 is 9.14 Å². The number of hydrogen-bond acceptors (Lipinski definition) is 2. The Labute approximate surface area is 158 Å². The molecule has 4 rings (SSSR count). The van der Waals surface area contributed by atoms with E-state index < -0.39 is 0 Å². The van der Waals surface area contributed by atoms with Gasteiger partial charge >= 0.3 is 0 Å². The first-order valence-corrected chi connectivity index (χ1v) is 9.01. The van der Waals surface area contributed by atoms with Crippen molar-refractivity contribution >= 4 is 11.8 Å². The van der Waals surface area contributed by atoms with Gasteiger partial charge in [0.05, 0.1) is 5.69 Å². The number of benzene rings is 2. The number of ether oxygens (including phenoxy) is 1. The number of carbonyl (C=O) groups excluding carboxylic acids is 1. The lowest BCUT2D eigenvalue weighted by molar-refractivity contribution is 0.111. The maximum Gasteiger partial charge on any atom is 0.167 e. The Kier molecular flexibility index (Phi) is 4.51. The molecule has 0 atom stereocenters. The predicted octanol–water partition coefficient (Wildman–Crippen LogP) is 5.61. The van der Waals surface area contributed by atoms with E-state index in [0.717, 1.165) is 45.4 Å². The highest BCUT2D eigenvalue weighted by Crippen LogP contribution is 2.31. The smallest absolute Gasteiger partial charge is 0.167 e. The van der Waals surface area contributed by atoms with E-state index in [1.807, 2.05) is 53.9 Å². The third-order valence-electron chi connectivity index (χ3n) is 4.90. The second kappa shape index (κ2) is 7.12. The minimum absolute atomic E-state index is 0.538. The molecule has 3 heteroatoms. The molecule has 0 spiro atoms. The summed E-state index contributed by atoms with van der Waals surface area (Å²) in [5.74, 6) is 0.857. The van der Waals surface area contributed by atoms with E-state index in [9.17, 15) is 4.79 Å². The van der Waals surface area contributed by atoms with E-state index in [0.29, 0.717) is 12.3 Å². The molecule has 0 amide bonds. The first-order chi connectivity index (χ1) is 13.2. The average molecular weight is 355 g/mol. The number of aromatic nitrogens is 1. The molecule has 0 bridgehead atoms. The normalized spacial score (nSPS) is 10.9. The molecule has 0 fully saturated rings. The summed E-state index contributed by atoms with van der Waals surface area (Å²) >= 11 is 0. The Bertz CT molecular complexity index is 1110. The van der Waals surface area contributed by atoms with Crippen molar-refractivity contribution in [3.63, 3.8) is 0 Å². The molecule has 2 aromatic carbocycles. The van der Waals surface area contributed by atoms with E-state index in [4.69, 9.17) is 4.74 Å². The van der Waals surface area contributed by atoms with E-state index >= 15 is 0 Å². The molecular formula is C24H21NO2. The zero-order valence-corrected chi connectivity index (χ0v) is 15.5. The van der Waals surface area contributed by atoms with Crippen LogP contribution in [0.15, 0.2) is 72.9 Å². The summed E-state index contributed by atoms with van der Waals surface area (Å²) in [5.41, 5.74) is 7.02. The summed E-state index contributed by atoms with van der Waals surface area (Å²) in [5, 5.41) is 0. The van der Waals surface area contributed by atoms with E-state index in [1.165, 1.54) is 0 Å². The number of aldehydes is 1. The van der Waals surface area contributed by atoms with Gasteiger partial charge in [-0.2, -0.15) is 0 Å². The van der Waals surface area contributed by atoms with Crippen molar-refractivity contribution in [1.82, 2.24) is 4.40 Å². The molecule has 0 unspecified atom stereocenters. The van der Waals surface area contributed by atoms with Crippen LogP contribution in [0.2, 0.25) is 0 Å². The fourth-order valence-corrected chi connectivity index (χ4v) is 3.43. The number of nitrogens with zero attached hydrogens (tertiary/aromatic N) is 1. The summed E-state index contributed by atoms with van der Waals surface area (Å²) in [4.78, 5) is 11.8. The van der Waals surface area contributed by atoms with Gasteiger partial charge in [0.2, 0.25) is 0 Å². The van der Waals surface area contributed by atoms with Crippen LogP contribution in [0.3, 0.4) is 0 Å². The summed E-state index contributed by atoms with van der Waals surface area (Å²) in [7, 11) is 0. The quantitative estimate of drug-likeness (QED) is 0.435. The lowest BCUT2D eigenvalue weighted by Crippen LogP contribution is -1.97. The van der Waals surface area contributed by atoms with Crippen LogP contribution in [0.4, 0.5) is 0 Å². The van der Waals surface area contributed by atoms with E-state index in [1.54, 1.807) is 0 Å². The molecule has 0 saturated carbocycles. The van der Waals surface area contributed by atoms with E-state index in [2.05, 4.69) is 37.3 Å². The second-order valence-electron chi connectivity index (χ2n) is 6.76. The fraction of sp³-hybridized carbons (Fsp3) is 0.125. The minimum Gasteiger partial charge on any atom is -0.489 e. The number of rotatable bonds is 5. The molecule has 3 nitrogen and oxygen atoms in total. The molecule has 0 aliphatic heterocycles. The molecule has 2 aromatic heterocycles. The molecule has 0 aliphatic rings. The van der Waals surface area contributed by atoms with Crippen molar-refractivity contribution in [2.75, 3.05) is 0 Å². The molecule has 0 N–H and O–H groups in total. The van der Waals surface area contributed by atoms with Crippen molar-refractivity contribution < 1.29 is 9.53 Å². The zero-order valence-electron chi connectivity index (χ0n) is 15.5. The van der Waals surface area contributed by atoms with Crippen molar-refractivity contribution in [3.05, 3.63) is 95.3 Å². The van der Waals surface area contributed by atoms with Crippen LogP contribution in [-0.4, -0.2) is 10.7 Å². The number of pyridine rings is 1. The largest absolute Gasteiger partial charge is 0.489 e. The van der Waals surface area contributed by atoms with Gasteiger partial charge in [-0.3, -0.25) is 4.79 Å². The predicted molar refractivity (Wildman–Crippen MR) is 108 cm³/mol. The Balaban J connectivity index is 1.67. The fourth-order valence-electron chi connectivity index (χ4n) is 3.43. The van der Waals surface area contributed by atoms with Crippen LogP contribution < -0.4 is 4.74 Å². The van der Waals surface area contributed by atoms with Gasteiger partial charge in [0.25, 0.3) is 0 Å². The van der Waals surface area contributed by atoms with Crippen LogP contribution in [0.5, 0.6) is 5.75 Å². The highest BCUT2D eigenvalue weighted by molar-refractivity contribution is 5.90. The molecule has 0 aliphatic carbocycles. The third-order valence-corrected chi connectivity index (χ3v) is 4.90. The summed E-state index contributed by atoms with van der Waals surface area (Å²) in [6.45, 7) is 4.63. The van der Waals surface area contributed by atoms with Crippen LogP contribution >= 0.6 is 0 Å². The number of fused-ring (bicyclic) bond motifs is 1. The second-order valence-corrected chi connectivity index (χ2v) is 6.76. The molecule has 2 heterocycles. The van der Waals surface area contributed by atoms with Crippen molar-refractivity contribution in [2.24, 2.45) is 0 Å². The summed E-state index contributed by atoms with van der Waals surface area (Å²) in [6.07, 6.45) is 2.86. The monoisotopic (exact) mass is 355 g/mol. The SMILES string of the molecule is Cc1cc(-c2cc3c(C)cccn3c2C=O)ccc1OCc1ccccc1. The van der Waals surface area contributed by atoms with Crippen LogP contribution in [0.25, 0.3) is 16.6 Å². The van der Waals surface area contributed by atoms with Gasteiger partial charge in [0.15, 0.2) is 6.29 Å². The third kappa shape index (κ3) is 3.24. The van der Waals surface area contributed by atoms with Gasteiger partial charge in [-0.05, 0) is 60.4 Å². The van der Waals surface area contributed by atoms with Crippen LogP contribution in [-0.2, 0) is 6.61 Å². The zero-order chi connectivity index (χ0) is 18.8. The Morgan fingerprint density at radius 3 is 2.48 bits per heavy atom. The van der Waals surface area contributed by atoms with Gasteiger partial charge in [-0.1, -0.05) is 42.5 Å². The van der Waals surface area contributed by atoms with Gasteiger partial charge in [-0.15, -0.1) is 0 Å². The summed E-state index contributed by atoms with van der Waals surface area (Å²) in [6, 6.07) is 22.3. The maximum absolute atomic E-state index is 11.8. The molecule has 27 heavy (non-hydrogen) atoms. The van der Waals surface area contributed by atoms with Crippen molar-refractivity contribution in [2.45, 2.75) is 20.5 Å². The van der Waals surface area contributed by atoms with Gasteiger partial charge in [-0.25, -0.2) is 0 Å². The molecular weight excluding hydrogens is 334 g/mol. The first kappa shape index (κ1) is 17.1. The lowest BCUT2D eigenvalue weighted by atomic mass is 10.0. The van der Waals surface area contributed by atoms with Crippen molar-refractivity contribution in [3.8, 4) is 16.9 Å². The standard InChI is InChI=1S/C24H21NO2/c1-17-7-6-12-25-22(17)14-21(23(25)15-26)20-10-11-24(18(2)13-20)27-16-19-8-4-3-5-9-19/h3-15H,16H2,1-2H3. The Hall–Kier alpha value is -3.33. The minimum atomic E-state index is 0.538. The number of aryl methyl sites for hydroxylation is 2. The van der Waals surface area contributed by atoms with Gasteiger partial charge in [0, 0.05) is 17.3 Å². The maximum atomic E-state index is 11.8. The van der Waals surface area contributed by atoms with Crippen LogP contribution in [0, 0.1) is 13.8 Å². The highest BCUT2D eigenvalue weighted by atomic mass is 16.5. The Morgan fingerprint density at radius 1 is 0.926 bits per heavy atom. The van der Waals surface area contributed by atoms with E-state index in [-0.39, 0.29) is 0 Å². The summed E-state index contributed by atoms with van der Waals surface area (Å²) < 4.78 is 7.92. The topological polar surface area (TPSA) is 30.7 Å². The van der Waals surface area contributed by atoms with Crippen molar-refractivity contribution in [1.29, 1.82) is 0 Å². The molecule has 4 aromatic rings. The first-order valence-electron chi connectivity index (χ1n) is 9.01. The number of hydrogen-bond donors (Lipinski definition) is 0.